The number of nitro benzene ring substituents is 1. The highest BCUT2D eigenvalue weighted by atomic mass is 35.5. The van der Waals surface area contributed by atoms with Crippen LogP contribution in [0.5, 0.6) is 11.5 Å². The first kappa shape index (κ1) is 19.8. The fraction of sp³-hybridized carbons (Fsp3) is 0.316. The zero-order valence-electron chi connectivity index (χ0n) is 15.6. The summed E-state index contributed by atoms with van der Waals surface area (Å²) in [7, 11) is 2.80. The van der Waals surface area contributed by atoms with E-state index >= 15 is 0 Å². The Kier molecular flexibility index (Phi) is 5.89. The molecule has 1 fully saturated rings. The van der Waals surface area contributed by atoms with E-state index in [4.69, 9.17) is 21.1 Å². The number of halogens is 1. The summed E-state index contributed by atoms with van der Waals surface area (Å²) in [5, 5.41) is 12.1. The molecule has 0 unspecified atom stereocenters. The molecule has 0 aliphatic carbocycles. The molecule has 1 aliphatic rings. The molecule has 0 N–H and O–H groups in total. The van der Waals surface area contributed by atoms with Gasteiger partial charge < -0.3 is 19.3 Å². The molecular formula is C19H20ClN3O5. The van der Waals surface area contributed by atoms with Gasteiger partial charge in [0.1, 0.15) is 5.56 Å². The number of para-hydroxylation sites is 1. The summed E-state index contributed by atoms with van der Waals surface area (Å²) >= 11 is 6.25. The van der Waals surface area contributed by atoms with Crippen LogP contribution in [0, 0.1) is 10.1 Å². The fourth-order valence-corrected chi connectivity index (χ4v) is 3.47. The minimum Gasteiger partial charge on any atom is -0.493 e. The number of carbonyl (C=O) groups excluding carboxylic acids is 1. The van der Waals surface area contributed by atoms with E-state index in [1.807, 2.05) is 24.3 Å². The highest BCUT2D eigenvalue weighted by Crippen LogP contribution is 2.35. The van der Waals surface area contributed by atoms with Crippen molar-refractivity contribution in [3.8, 4) is 11.5 Å². The molecule has 3 rings (SSSR count). The second-order valence-electron chi connectivity index (χ2n) is 6.21. The van der Waals surface area contributed by atoms with Crippen molar-refractivity contribution < 1.29 is 19.2 Å². The largest absolute Gasteiger partial charge is 0.493 e. The zero-order valence-corrected chi connectivity index (χ0v) is 16.3. The number of benzene rings is 2. The second-order valence-corrected chi connectivity index (χ2v) is 6.62. The van der Waals surface area contributed by atoms with Gasteiger partial charge in [0.2, 0.25) is 0 Å². The number of hydrogen-bond donors (Lipinski definition) is 0. The van der Waals surface area contributed by atoms with Crippen LogP contribution in [0.4, 0.5) is 11.4 Å². The lowest BCUT2D eigenvalue weighted by Crippen LogP contribution is -2.49. The molecule has 1 amide bonds. The van der Waals surface area contributed by atoms with Gasteiger partial charge in [0.25, 0.3) is 11.6 Å². The highest BCUT2D eigenvalue weighted by Gasteiger charge is 2.30. The Bertz CT molecular complexity index is 897. The Morgan fingerprint density at radius 1 is 1.07 bits per heavy atom. The molecule has 1 saturated heterocycles. The number of nitro groups is 1. The van der Waals surface area contributed by atoms with Crippen LogP contribution in [0.3, 0.4) is 0 Å². The van der Waals surface area contributed by atoms with Crippen molar-refractivity contribution in [1.29, 1.82) is 0 Å². The standard InChI is InChI=1S/C19H20ClN3O5/c1-27-17-11-13(16(23(25)26)12-18(17)28-2)19(24)22-9-7-21(8-10-22)15-6-4-3-5-14(15)20/h3-6,11-12H,7-10H2,1-2H3. The maximum absolute atomic E-state index is 13.0. The SMILES string of the molecule is COc1cc(C(=O)N2CCN(c3ccccc3Cl)CC2)c([N+](=O)[O-])cc1OC. The van der Waals surface area contributed by atoms with Crippen molar-refractivity contribution in [3.63, 3.8) is 0 Å². The number of methoxy groups -OCH3 is 2. The van der Waals surface area contributed by atoms with Gasteiger partial charge in [-0.25, -0.2) is 0 Å². The molecule has 0 bridgehead atoms. The van der Waals surface area contributed by atoms with Crippen molar-refractivity contribution in [2.45, 2.75) is 0 Å². The average Bonchev–Trinajstić information content (AvgIpc) is 2.72. The molecule has 2 aromatic carbocycles. The molecule has 0 atom stereocenters. The number of anilines is 1. The Hall–Kier alpha value is -3.00. The van der Waals surface area contributed by atoms with Crippen molar-refractivity contribution in [2.24, 2.45) is 0 Å². The topological polar surface area (TPSA) is 85.2 Å². The minimum atomic E-state index is -0.588. The van der Waals surface area contributed by atoms with E-state index in [2.05, 4.69) is 4.90 Å². The summed E-state index contributed by atoms with van der Waals surface area (Å²) in [5.41, 5.74) is 0.582. The minimum absolute atomic E-state index is 0.0196. The Labute approximate surface area is 167 Å². The summed E-state index contributed by atoms with van der Waals surface area (Å²) in [4.78, 5) is 27.6. The van der Waals surface area contributed by atoms with Gasteiger partial charge in [-0.15, -0.1) is 0 Å². The molecule has 1 heterocycles. The monoisotopic (exact) mass is 405 g/mol. The van der Waals surface area contributed by atoms with Crippen LogP contribution in [0.1, 0.15) is 10.4 Å². The van der Waals surface area contributed by atoms with Gasteiger partial charge in [-0.05, 0) is 12.1 Å². The van der Waals surface area contributed by atoms with Gasteiger partial charge in [0.15, 0.2) is 11.5 Å². The molecular weight excluding hydrogens is 386 g/mol. The Morgan fingerprint density at radius 3 is 2.25 bits per heavy atom. The Balaban J connectivity index is 1.82. The maximum Gasteiger partial charge on any atom is 0.286 e. The number of nitrogens with zero attached hydrogens (tertiary/aromatic N) is 3. The summed E-state index contributed by atoms with van der Waals surface area (Å²) < 4.78 is 10.3. The van der Waals surface area contributed by atoms with Gasteiger partial charge in [-0.1, -0.05) is 23.7 Å². The molecule has 9 heteroatoms. The number of carbonyl (C=O) groups is 1. The van der Waals surface area contributed by atoms with Gasteiger partial charge in [0.05, 0.1) is 35.9 Å². The van der Waals surface area contributed by atoms with Crippen LogP contribution in [-0.4, -0.2) is 56.1 Å². The summed E-state index contributed by atoms with van der Waals surface area (Å²) in [6.45, 7) is 2.01. The first-order valence-corrected chi connectivity index (χ1v) is 9.03. The van der Waals surface area contributed by atoms with Crippen LogP contribution in [0.25, 0.3) is 0 Å². The molecule has 0 radical (unpaired) electrons. The average molecular weight is 406 g/mol. The highest BCUT2D eigenvalue weighted by molar-refractivity contribution is 6.33. The van der Waals surface area contributed by atoms with Gasteiger partial charge in [-0.3, -0.25) is 14.9 Å². The third-order valence-electron chi connectivity index (χ3n) is 4.69. The van der Waals surface area contributed by atoms with Crippen LogP contribution >= 0.6 is 11.6 Å². The predicted octanol–water partition coefficient (Wildman–Crippen LogP) is 3.23. The third-order valence-corrected chi connectivity index (χ3v) is 5.01. The molecule has 0 saturated carbocycles. The lowest BCUT2D eigenvalue weighted by atomic mass is 10.1. The number of rotatable bonds is 5. The van der Waals surface area contributed by atoms with Crippen LogP contribution < -0.4 is 14.4 Å². The molecule has 0 spiro atoms. The second kappa shape index (κ2) is 8.35. The van der Waals surface area contributed by atoms with Crippen molar-refractivity contribution >= 4 is 28.9 Å². The smallest absolute Gasteiger partial charge is 0.286 e. The number of piperazine rings is 1. The fourth-order valence-electron chi connectivity index (χ4n) is 3.22. The summed E-state index contributed by atoms with van der Waals surface area (Å²) in [5.74, 6) is 0.0619. The van der Waals surface area contributed by atoms with Crippen molar-refractivity contribution in [2.75, 3.05) is 45.3 Å². The molecule has 0 aromatic heterocycles. The first-order chi connectivity index (χ1) is 13.5. The number of hydrogen-bond acceptors (Lipinski definition) is 6. The zero-order chi connectivity index (χ0) is 20.3. The summed E-state index contributed by atoms with van der Waals surface area (Å²) in [6.07, 6.45) is 0. The molecule has 1 aliphatic heterocycles. The predicted molar refractivity (Wildman–Crippen MR) is 106 cm³/mol. The first-order valence-electron chi connectivity index (χ1n) is 8.65. The van der Waals surface area contributed by atoms with Crippen molar-refractivity contribution in [1.82, 2.24) is 4.90 Å². The summed E-state index contributed by atoms with van der Waals surface area (Å²) in [6, 6.07) is 10.1. The van der Waals surface area contributed by atoms with Crippen LogP contribution in [-0.2, 0) is 0 Å². The number of ether oxygens (including phenoxy) is 2. The molecule has 28 heavy (non-hydrogen) atoms. The third kappa shape index (κ3) is 3.82. The molecule has 8 nitrogen and oxygen atoms in total. The molecule has 148 valence electrons. The van der Waals surface area contributed by atoms with E-state index in [1.54, 1.807) is 4.90 Å². The maximum atomic E-state index is 13.0. The number of amides is 1. The van der Waals surface area contributed by atoms with Crippen LogP contribution in [0.15, 0.2) is 36.4 Å². The van der Waals surface area contributed by atoms with E-state index in [0.717, 1.165) is 5.69 Å². The molecule has 2 aromatic rings. The van der Waals surface area contributed by atoms with Gasteiger partial charge in [-0.2, -0.15) is 0 Å². The van der Waals surface area contributed by atoms with Gasteiger partial charge in [0, 0.05) is 32.2 Å². The van der Waals surface area contributed by atoms with Gasteiger partial charge >= 0.3 is 0 Å². The van der Waals surface area contributed by atoms with Crippen molar-refractivity contribution in [3.05, 3.63) is 57.1 Å². The normalized spacial score (nSPS) is 14.0. The van der Waals surface area contributed by atoms with E-state index in [0.29, 0.717) is 31.2 Å². The lowest BCUT2D eigenvalue weighted by molar-refractivity contribution is -0.385. The van der Waals surface area contributed by atoms with E-state index in [1.165, 1.54) is 26.4 Å². The van der Waals surface area contributed by atoms with E-state index in [9.17, 15) is 14.9 Å². The Morgan fingerprint density at radius 2 is 1.68 bits per heavy atom. The van der Waals surface area contributed by atoms with E-state index < -0.39 is 10.8 Å². The van der Waals surface area contributed by atoms with Crippen LogP contribution in [0.2, 0.25) is 5.02 Å². The lowest BCUT2D eigenvalue weighted by Gasteiger charge is -2.36. The van der Waals surface area contributed by atoms with E-state index in [-0.39, 0.29) is 22.7 Å². The quantitative estimate of drug-likeness (QED) is 0.560.